The van der Waals surface area contributed by atoms with Crippen molar-refractivity contribution in [2.75, 3.05) is 0 Å². The van der Waals surface area contributed by atoms with Crippen molar-refractivity contribution in [3.8, 4) is 0 Å². The molecule has 0 unspecified atom stereocenters. The molecule has 1 aliphatic rings. The van der Waals surface area contributed by atoms with E-state index in [1.807, 2.05) is 60.7 Å². The predicted molar refractivity (Wildman–Crippen MR) is 138 cm³/mol. The summed E-state index contributed by atoms with van der Waals surface area (Å²) in [6, 6.07) is 35.6. The van der Waals surface area contributed by atoms with Crippen molar-refractivity contribution in [2.45, 2.75) is 19.4 Å². The molecule has 0 saturated heterocycles. The van der Waals surface area contributed by atoms with Crippen LogP contribution in [0.1, 0.15) is 36.1 Å². The van der Waals surface area contributed by atoms with Crippen LogP contribution in [-0.4, -0.2) is 5.11 Å². The average Bonchev–Trinajstić information content (AvgIpc) is 3.31. The van der Waals surface area contributed by atoms with Crippen LogP contribution >= 0.6 is 18.6 Å². The topological polar surface area (TPSA) is 20.2 Å². The Morgan fingerprint density at radius 2 is 1.33 bits per heavy atom. The molecule has 4 aromatic rings. The second-order valence-electron chi connectivity index (χ2n) is 7.52. The van der Waals surface area contributed by atoms with E-state index < -0.39 is 23.1 Å². The van der Waals surface area contributed by atoms with Crippen LogP contribution in [0.15, 0.2) is 115 Å². The summed E-state index contributed by atoms with van der Waals surface area (Å²) in [5, 5.41) is 12.5. The van der Waals surface area contributed by atoms with Crippen LogP contribution < -0.4 is 0 Å². The number of fused-ring (bicyclic) bond motifs is 1. The molecule has 0 aromatic heterocycles. The molecule has 0 amide bonds. The molecular formula is C29H25Cl2OTi-. The van der Waals surface area contributed by atoms with Crippen molar-refractivity contribution in [1.82, 2.24) is 0 Å². The van der Waals surface area contributed by atoms with Gasteiger partial charge in [-0.05, 0) is 24.5 Å². The van der Waals surface area contributed by atoms with Gasteiger partial charge in [-0.2, -0.15) is 0 Å². The molecule has 0 bridgehead atoms. The molecule has 0 fully saturated rings. The monoisotopic (exact) mass is 507 g/mol. The van der Waals surface area contributed by atoms with Gasteiger partial charge >= 0.3 is 35.6 Å². The molecule has 0 radical (unpaired) electrons. The molecule has 1 aliphatic carbocycles. The Labute approximate surface area is 213 Å². The van der Waals surface area contributed by atoms with Crippen LogP contribution in [0.5, 0.6) is 0 Å². The second-order valence-corrected chi connectivity index (χ2v) is 10.1. The van der Waals surface area contributed by atoms with E-state index in [0.717, 1.165) is 17.5 Å². The molecule has 1 nitrogen and oxygen atoms in total. The Bertz CT molecular complexity index is 1160. The molecule has 0 heterocycles. The standard InChI is InChI=1S/C16H13.C13H12O.2ClH.Ti/c1-12-5-4-8-16(12)15-10-9-13-6-2-3-7-14(13)11-15;14-13(11-7-3-1-4-8-11)12-9-5-2-6-10-12;;;/h2-7,9-10H,8H2,1H3;1-10,13-14H;2*1H;/q-1;;;;+2/p-2. The third-order valence-electron chi connectivity index (χ3n) is 5.38. The summed E-state index contributed by atoms with van der Waals surface area (Å²) in [5.74, 6) is 0. The number of hydrogen-bond acceptors (Lipinski definition) is 1. The Morgan fingerprint density at radius 3 is 1.88 bits per heavy atom. The zero-order valence-electron chi connectivity index (χ0n) is 18.4. The van der Waals surface area contributed by atoms with E-state index in [-0.39, 0.29) is 0 Å². The van der Waals surface area contributed by atoms with Gasteiger partial charge in [0.2, 0.25) is 0 Å². The Morgan fingerprint density at radius 1 is 0.788 bits per heavy atom. The van der Waals surface area contributed by atoms with E-state index in [4.69, 9.17) is 18.6 Å². The number of allylic oxidation sites excluding steroid dienone is 4. The van der Waals surface area contributed by atoms with Crippen molar-refractivity contribution < 1.29 is 22.1 Å². The summed E-state index contributed by atoms with van der Waals surface area (Å²) in [7, 11) is 9.78. The third kappa shape index (κ3) is 7.44. The first-order valence-electron chi connectivity index (χ1n) is 10.7. The first kappa shape index (κ1) is 25.5. The minimum absolute atomic E-state index is 0.516. The average molecular weight is 508 g/mol. The van der Waals surface area contributed by atoms with Crippen LogP contribution in [0.4, 0.5) is 0 Å². The maximum atomic E-state index is 9.99. The van der Waals surface area contributed by atoms with E-state index in [2.05, 4.69) is 61.5 Å². The van der Waals surface area contributed by atoms with Gasteiger partial charge in [0.1, 0.15) is 6.10 Å². The van der Waals surface area contributed by atoms with E-state index in [0.29, 0.717) is 0 Å². The molecule has 5 rings (SSSR count). The van der Waals surface area contributed by atoms with Gasteiger partial charge in [-0.3, -0.25) is 0 Å². The van der Waals surface area contributed by atoms with Gasteiger partial charge in [-0.15, -0.1) is 35.2 Å². The van der Waals surface area contributed by atoms with Crippen LogP contribution in [0, 0.1) is 6.07 Å². The molecule has 33 heavy (non-hydrogen) atoms. The number of hydrogen-bond donors (Lipinski definition) is 1. The summed E-state index contributed by atoms with van der Waals surface area (Å²) >= 11 is -0.556. The van der Waals surface area contributed by atoms with E-state index in [1.165, 1.54) is 27.5 Å². The number of aliphatic hydroxyl groups excluding tert-OH is 1. The van der Waals surface area contributed by atoms with Gasteiger partial charge in [0.15, 0.2) is 0 Å². The van der Waals surface area contributed by atoms with Gasteiger partial charge in [0, 0.05) is 0 Å². The fraction of sp³-hybridized carbons (Fsp3) is 0.103. The van der Waals surface area contributed by atoms with Crippen LogP contribution in [0.25, 0.3) is 16.3 Å². The molecule has 4 aromatic carbocycles. The molecule has 166 valence electrons. The summed E-state index contributed by atoms with van der Waals surface area (Å²) in [6.07, 6.45) is 4.93. The van der Waals surface area contributed by atoms with Gasteiger partial charge in [0.25, 0.3) is 0 Å². The Kier molecular flexibility index (Phi) is 10.5. The quantitative estimate of drug-likeness (QED) is 0.217. The number of aliphatic hydroxyl groups is 1. The van der Waals surface area contributed by atoms with Gasteiger partial charge in [0.05, 0.1) is 0 Å². The van der Waals surface area contributed by atoms with Crippen molar-refractivity contribution in [3.63, 3.8) is 0 Å². The first-order valence-corrected chi connectivity index (χ1v) is 15.0. The molecule has 0 saturated carbocycles. The zero-order valence-corrected chi connectivity index (χ0v) is 21.5. The molecule has 0 atom stereocenters. The third-order valence-corrected chi connectivity index (χ3v) is 5.38. The van der Waals surface area contributed by atoms with E-state index >= 15 is 0 Å². The van der Waals surface area contributed by atoms with Gasteiger partial charge in [-0.25, -0.2) is 0 Å². The van der Waals surface area contributed by atoms with Gasteiger partial charge in [-0.1, -0.05) is 108 Å². The molecule has 1 N–H and O–H groups in total. The van der Waals surface area contributed by atoms with E-state index in [9.17, 15) is 5.11 Å². The summed E-state index contributed by atoms with van der Waals surface area (Å²) in [6.45, 7) is 2.17. The summed E-state index contributed by atoms with van der Waals surface area (Å²) in [5.41, 5.74) is 5.87. The number of benzene rings is 4. The summed E-state index contributed by atoms with van der Waals surface area (Å²) in [4.78, 5) is 0. The Balaban J connectivity index is 0.000000168. The number of rotatable bonds is 3. The zero-order chi connectivity index (χ0) is 23.5. The molecule has 0 spiro atoms. The molecular weight excluding hydrogens is 483 g/mol. The number of halogens is 2. The minimum atomic E-state index is -0.556. The fourth-order valence-electron chi connectivity index (χ4n) is 3.69. The van der Waals surface area contributed by atoms with Crippen molar-refractivity contribution in [3.05, 3.63) is 138 Å². The second kappa shape index (κ2) is 13.5. The fourth-order valence-corrected chi connectivity index (χ4v) is 3.69. The maximum absolute atomic E-state index is 9.99. The van der Waals surface area contributed by atoms with E-state index in [1.54, 1.807) is 0 Å². The van der Waals surface area contributed by atoms with Crippen molar-refractivity contribution in [2.24, 2.45) is 0 Å². The predicted octanol–water partition coefficient (Wildman–Crippen LogP) is 8.52. The van der Waals surface area contributed by atoms with Crippen LogP contribution in [0.2, 0.25) is 0 Å². The molecule has 0 aliphatic heterocycles. The summed E-state index contributed by atoms with van der Waals surface area (Å²) < 4.78 is 0. The first-order chi connectivity index (χ1) is 16.1. The molecule has 4 heteroatoms. The van der Waals surface area contributed by atoms with Crippen LogP contribution in [0.3, 0.4) is 0 Å². The van der Waals surface area contributed by atoms with Crippen LogP contribution in [-0.2, 0) is 17.0 Å². The SMILES string of the molecule is CC1=C(c2[c-]c3ccccc3cc2)CC=C1.OC(c1ccccc1)c1ccccc1.[Cl][Ti][Cl]. The Hall–Kier alpha value is -2.13. The van der Waals surface area contributed by atoms with Crippen molar-refractivity contribution >= 4 is 35.0 Å². The normalized spacial score (nSPS) is 12.2. The van der Waals surface area contributed by atoms with Crippen molar-refractivity contribution in [1.29, 1.82) is 0 Å². The van der Waals surface area contributed by atoms with Gasteiger partial charge < -0.3 is 5.11 Å².